The molecule has 0 radical (unpaired) electrons. The molecule has 0 unspecified atom stereocenters. The minimum atomic E-state index is -0.191. The second-order valence-electron chi connectivity index (χ2n) is 3.18. The number of aromatic amines is 1. The van der Waals surface area contributed by atoms with Crippen LogP contribution in [0, 0.1) is 6.92 Å². The Labute approximate surface area is 86.5 Å². The van der Waals surface area contributed by atoms with Crippen molar-refractivity contribution < 1.29 is 4.79 Å². The van der Waals surface area contributed by atoms with Gasteiger partial charge >= 0.3 is 0 Å². The standard InChI is InChI=1S/C10H10N4O/c1-7-2-4-8(5-3-7)10(15)12-9-6-11-14-13-9/h2-6H,1H3,(H2,11,12,13,14,15). The number of aromatic nitrogens is 3. The quantitative estimate of drug-likeness (QED) is 0.772. The number of carbonyl (C=O) groups excluding carboxylic acids is 1. The van der Waals surface area contributed by atoms with Crippen molar-refractivity contribution in [1.82, 2.24) is 15.4 Å². The summed E-state index contributed by atoms with van der Waals surface area (Å²) in [5, 5.41) is 12.4. The number of rotatable bonds is 2. The monoisotopic (exact) mass is 202 g/mol. The normalized spacial score (nSPS) is 9.93. The van der Waals surface area contributed by atoms with Gasteiger partial charge in [0.1, 0.15) is 0 Å². The molecule has 0 aliphatic heterocycles. The Morgan fingerprint density at radius 2 is 2.07 bits per heavy atom. The summed E-state index contributed by atoms with van der Waals surface area (Å²) < 4.78 is 0. The SMILES string of the molecule is Cc1ccc(C(=O)Nc2cn[nH]n2)cc1. The number of carbonyl (C=O) groups is 1. The first-order valence-electron chi connectivity index (χ1n) is 4.49. The highest BCUT2D eigenvalue weighted by molar-refractivity contribution is 6.03. The summed E-state index contributed by atoms with van der Waals surface area (Å²) >= 11 is 0. The van der Waals surface area contributed by atoms with E-state index in [0.29, 0.717) is 11.4 Å². The number of amides is 1. The molecule has 2 rings (SSSR count). The van der Waals surface area contributed by atoms with Crippen molar-refractivity contribution in [3.05, 3.63) is 41.6 Å². The highest BCUT2D eigenvalue weighted by atomic mass is 16.1. The molecule has 5 nitrogen and oxygen atoms in total. The molecule has 15 heavy (non-hydrogen) atoms. The molecule has 1 aromatic heterocycles. The molecule has 0 fully saturated rings. The molecule has 76 valence electrons. The maximum absolute atomic E-state index is 11.6. The highest BCUT2D eigenvalue weighted by Gasteiger charge is 2.06. The van der Waals surface area contributed by atoms with E-state index in [0.717, 1.165) is 5.56 Å². The zero-order valence-electron chi connectivity index (χ0n) is 8.19. The van der Waals surface area contributed by atoms with Crippen LogP contribution in [0.3, 0.4) is 0 Å². The van der Waals surface area contributed by atoms with Crippen molar-refractivity contribution >= 4 is 11.7 Å². The van der Waals surface area contributed by atoms with Crippen molar-refractivity contribution in [2.24, 2.45) is 0 Å². The van der Waals surface area contributed by atoms with Crippen LogP contribution in [0.25, 0.3) is 0 Å². The fourth-order valence-corrected chi connectivity index (χ4v) is 1.16. The van der Waals surface area contributed by atoms with E-state index in [2.05, 4.69) is 20.7 Å². The molecule has 0 saturated carbocycles. The van der Waals surface area contributed by atoms with Gasteiger partial charge in [0.15, 0.2) is 5.82 Å². The third kappa shape index (κ3) is 2.19. The van der Waals surface area contributed by atoms with Crippen LogP contribution in [0.5, 0.6) is 0 Å². The van der Waals surface area contributed by atoms with Crippen LogP contribution in [0.4, 0.5) is 5.82 Å². The topological polar surface area (TPSA) is 70.7 Å². The molecule has 0 saturated heterocycles. The van der Waals surface area contributed by atoms with E-state index in [4.69, 9.17) is 0 Å². The first-order chi connectivity index (χ1) is 7.25. The fraction of sp³-hybridized carbons (Fsp3) is 0.100. The van der Waals surface area contributed by atoms with Gasteiger partial charge < -0.3 is 5.32 Å². The molecule has 2 aromatic rings. The number of nitrogens with one attached hydrogen (secondary N) is 2. The van der Waals surface area contributed by atoms with E-state index < -0.39 is 0 Å². The van der Waals surface area contributed by atoms with E-state index in [-0.39, 0.29) is 5.91 Å². The lowest BCUT2D eigenvalue weighted by atomic mass is 10.1. The predicted molar refractivity (Wildman–Crippen MR) is 55.5 cm³/mol. The summed E-state index contributed by atoms with van der Waals surface area (Å²) in [5.74, 6) is 0.226. The van der Waals surface area contributed by atoms with Crippen LogP contribution >= 0.6 is 0 Å². The van der Waals surface area contributed by atoms with Gasteiger partial charge in [0, 0.05) is 5.56 Å². The maximum atomic E-state index is 11.6. The molecule has 0 aliphatic rings. The lowest BCUT2D eigenvalue weighted by molar-refractivity contribution is 0.102. The molecular weight excluding hydrogens is 192 g/mol. The van der Waals surface area contributed by atoms with Gasteiger partial charge in [-0.05, 0) is 19.1 Å². The van der Waals surface area contributed by atoms with Crippen LogP contribution in [-0.2, 0) is 0 Å². The Kier molecular flexibility index (Phi) is 2.45. The summed E-state index contributed by atoms with van der Waals surface area (Å²) in [7, 11) is 0. The largest absolute Gasteiger partial charge is 0.304 e. The zero-order valence-corrected chi connectivity index (χ0v) is 8.19. The van der Waals surface area contributed by atoms with Gasteiger partial charge in [-0.2, -0.15) is 10.3 Å². The number of aryl methyl sites for hydroxylation is 1. The van der Waals surface area contributed by atoms with Gasteiger partial charge in [-0.15, -0.1) is 5.10 Å². The Morgan fingerprint density at radius 1 is 1.33 bits per heavy atom. The third-order valence-corrected chi connectivity index (χ3v) is 1.97. The van der Waals surface area contributed by atoms with Gasteiger partial charge in [-0.1, -0.05) is 17.7 Å². The zero-order chi connectivity index (χ0) is 10.7. The smallest absolute Gasteiger partial charge is 0.256 e. The van der Waals surface area contributed by atoms with Gasteiger partial charge in [0.2, 0.25) is 0 Å². The Morgan fingerprint density at radius 3 is 2.67 bits per heavy atom. The maximum Gasteiger partial charge on any atom is 0.256 e. The summed E-state index contributed by atoms with van der Waals surface area (Å²) in [6, 6.07) is 7.31. The summed E-state index contributed by atoms with van der Waals surface area (Å²) in [4.78, 5) is 11.6. The molecule has 1 heterocycles. The third-order valence-electron chi connectivity index (χ3n) is 1.97. The Balaban J connectivity index is 2.11. The Hall–Kier alpha value is -2.17. The number of nitrogens with zero attached hydrogens (tertiary/aromatic N) is 2. The molecular formula is C10H10N4O. The molecule has 0 bridgehead atoms. The molecule has 0 spiro atoms. The van der Waals surface area contributed by atoms with E-state index in [9.17, 15) is 4.79 Å². The number of hydrogen-bond acceptors (Lipinski definition) is 3. The highest BCUT2D eigenvalue weighted by Crippen LogP contribution is 2.06. The van der Waals surface area contributed by atoms with Crippen molar-refractivity contribution in [2.75, 3.05) is 5.32 Å². The number of hydrogen-bond donors (Lipinski definition) is 2. The van der Waals surface area contributed by atoms with Crippen LogP contribution in [0.1, 0.15) is 15.9 Å². The first-order valence-corrected chi connectivity index (χ1v) is 4.49. The van der Waals surface area contributed by atoms with E-state index >= 15 is 0 Å². The van der Waals surface area contributed by atoms with Gasteiger partial charge in [-0.3, -0.25) is 4.79 Å². The number of anilines is 1. The van der Waals surface area contributed by atoms with E-state index in [1.807, 2.05) is 19.1 Å². The average molecular weight is 202 g/mol. The van der Waals surface area contributed by atoms with Crippen molar-refractivity contribution in [3.63, 3.8) is 0 Å². The van der Waals surface area contributed by atoms with Gasteiger partial charge in [0.05, 0.1) is 6.20 Å². The summed E-state index contributed by atoms with van der Waals surface area (Å²) in [5.41, 5.74) is 1.72. The van der Waals surface area contributed by atoms with E-state index in [1.165, 1.54) is 6.20 Å². The van der Waals surface area contributed by atoms with Crippen LogP contribution in [-0.4, -0.2) is 21.3 Å². The Bertz CT molecular complexity index is 447. The lowest BCUT2D eigenvalue weighted by Gasteiger charge is -2.01. The predicted octanol–water partition coefficient (Wildman–Crippen LogP) is 1.37. The average Bonchev–Trinajstić information content (AvgIpc) is 2.71. The van der Waals surface area contributed by atoms with Crippen molar-refractivity contribution in [2.45, 2.75) is 6.92 Å². The van der Waals surface area contributed by atoms with Gasteiger partial charge in [-0.25, -0.2) is 0 Å². The molecule has 2 N–H and O–H groups in total. The fourth-order valence-electron chi connectivity index (χ4n) is 1.16. The van der Waals surface area contributed by atoms with Crippen LogP contribution in [0.15, 0.2) is 30.5 Å². The second-order valence-corrected chi connectivity index (χ2v) is 3.18. The van der Waals surface area contributed by atoms with Crippen LogP contribution in [0.2, 0.25) is 0 Å². The summed E-state index contributed by atoms with van der Waals surface area (Å²) in [6.45, 7) is 1.97. The summed E-state index contributed by atoms with van der Waals surface area (Å²) in [6.07, 6.45) is 1.45. The molecule has 0 atom stereocenters. The number of H-pyrrole nitrogens is 1. The molecule has 5 heteroatoms. The molecule has 1 aromatic carbocycles. The van der Waals surface area contributed by atoms with Crippen molar-refractivity contribution in [1.29, 1.82) is 0 Å². The first kappa shape index (κ1) is 9.39. The van der Waals surface area contributed by atoms with Crippen LogP contribution < -0.4 is 5.32 Å². The van der Waals surface area contributed by atoms with Crippen molar-refractivity contribution in [3.8, 4) is 0 Å². The minimum Gasteiger partial charge on any atom is -0.304 e. The lowest BCUT2D eigenvalue weighted by Crippen LogP contribution is -2.11. The second kappa shape index (κ2) is 3.91. The minimum absolute atomic E-state index is 0.191. The molecule has 1 amide bonds. The van der Waals surface area contributed by atoms with E-state index in [1.54, 1.807) is 12.1 Å². The number of benzene rings is 1. The molecule has 0 aliphatic carbocycles. The van der Waals surface area contributed by atoms with Gasteiger partial charge in [0.25, 0.3) is 5.91 Å².